The summed E-state index contributed by atoms with van der Waals surface area (Å²) in [7, 11) is 1.71. The van der Waals surface area contributed by atoms with Crippen LogP contribution in [0.25, 0.3) is 10.1 Å². The van der Waals surface area contributed by atoms with Crippen LogP contribution in [0.15, 0.2) is 42.5 Å². The number of aryl methyl sites for hydroxylation is 1. The zero-order valence-corrected chi connectivity index (χ0v) is 20.6. The van der Waals surface area contributed by atoms with E-state index in [1.807, 2.05) is 44.2 Å². The Balaban J connectivity index is 1.95. The predicted octanol–water partition coefficient (Wildman–Crippen LogP) is 7.32. The molecule has 0 aliphatic heterocycles. The minimum atomic E-state index is -0.392. The predicted molar refractivity (Wildman–Crippen MR) is 131 cm³/mol. The number of benzene rings is 2. The van der Waals surface area contributed by atoms with Crippen LogP contribution in [-0.4, -0.2) is 19.5 Å². The Bertz CT molecular complexity index is 1070. The summed E-state index contributed by atoms with van der Waals surface area (Å²) in [5.74, 6) is 1.77. The lowest BCUT2D eigenvalue weighted by atomic mass is 9.74. The molecule has 0 atom stereocenters. The molecule has 0 amide bonds. The van der Waals surface area contributed by atoms with Crippen LogP contribution in [0.1, 0.15) is 63.5 Å². The fourth-order valence-corrected chi connectivity index (χ4v) is 5.40. The summed E-state index contributed by atoms with van der Waals surface area (Å²) in [5, 5.41) is 1.22. The van der Waals surface area contributed by atoms with Crippen LogP contribution in [0.5, 0.6) is 11.5 Å². The Kier molecular flexibility index (Phi) is 6.80. The summed E-state index contributed by atoms with van der Waals surface area (Å²) < 4.78 is 12.6. The fourth-order valence-electron chi connectivity index (χ4n) is 4.00. The van der Waals surface area contributed by atoms with Crippen LogP contribution >= 0.6 is 11.3 Å². The normalized spacial score (nSPS) is 12.2. The molecule has 0 aliphatic carbocycles. The summed E-state index contributed by atoms with van der Waals surface area (Å²) in [4.78, 5) is 13.6. The first-order chi connectivity index (χ1) is 14.6. The molecule has 2 aromatic carbocycles. The van der Waals surface area contributed by atoms with Crippen molar-refractivity contribution in [2.45, 2.75) is 59.8 Å². The van der Waals surface area contributed by atoms with Crippen LogP contribution in [0.3, 0.4) is 0 Å². The van der Waals surface area contributed by atoms with E-state index in [9.17, 15) is 4.79 Å². The van der Waals surface area contributed by atoms with Gasteiger partial charge in [0.2, 0.25) is 0 Å². The molecule has 3 nitrogen and oxygen atoms in total. The Hall–Kier alpha value is -2.33. The second kappa shape index (κ2) is 9.04. The number of Topliss-reactive ketones (excluding diaryl/α,β-unsaturated/α-hetero) is 1. The first-order valence-electron chi connectivity index (χ1n) is 11.0. The van der Waals surface area contributed by atoms with Gasteiger partial charge in [0.1, 0.15) is 18.1 Å². The van der Waals surface area contributed by atoms with Crippen LogP contribution in [0, 0.1) is 12.3 Å². The highest BCUT2D eigenvalue weighted by Gasteiger charge is 2.33. The third-order valence-electron chi connectivity index (χ3n) is 6.33. The second-order valence-corrected chi connectivity index (χ2v) is 10.3. The van der Waals surface area contributed by atoms with Gasteiger partial charge >= 0.3 is 0 Å². The van der Waals surface area contributed by atoms with Crippen molar-refractivity contribution < 1.29 is 14.3 Å². The topological polar surface area (TPSA) is 35.5 Å². The van der Waals surface area contributed by atoms with Crippen LogP contribution < -0.4 is 9.47 Å². The first-order valence-corrected chi connectivity index (χ1v) is 11.8. The summed E-state index contributed by atoms with van der Waals surface area (Å²) in [6.07, 6.45) is 2.02. The number of ether oxygens (including phenoxy) is 2. The van der Waals surface area contributed by atoms with E-state index < -0.39 is 5.41 Å². The molecule has 0 bridgehead atoms. The average Bonchev–Trinajstić information content (AvgIpc) is 3.17. The Morgan fingerprint density at radius 2 is 1.71 bits per heavy atom. The van der Waals surface area contributed by atoms with Crippen molar-refractivity contribution in [3.8, 4) is 11.5 Å². The molecule has 0 saturated heterocycles. The van der Waals surface area contributed by atoms with Crippen molar-refractivity contribution in [1.29, 1.82) is 0 Å². The van der Waals surface area contributed by atoms with Gasteiger partial charge in [-0.2, -0.15) is 0 Å². The van der Waals surface area contributed by atoms with E-state index >= 15 is 0 Å². The Morgan fingerprint density at radius 3 is 2.29 bits per heavy atom. The molecule has 0 radical (unpaired) electrons. The minimum Gasteiger partial charge on any atom is -0.497 e. The molecule has 4 heteroatoms. The summed E-state index contributed by atoms with van der Waals surface area (Å²) in [6, 6.07) is 15.0. The van der Waals surface area contributed by atoms with E-state index in [1.165, 1.54) is 20.5 Å². The summed E-state index contributed by atoms with van der Waals surface area (Å²) in [6.45, 7) is 12.5. The van der Waals surface area contributed by atoms with Crippen molar-refractivity contribution in [2.75, 3.05) is 13.7 Å². The lowest BCUT2D eigenvalue weighted by Gasteiger charge is -2.32. The van der Waals surface area contributed by atoms with E-state index in [1.54, 1.807) is 7.11 Å². The van der Waals surface area contributed by atoms with Crippen molar-refractivity contribution in [2.24, 2.45) is 5.41 Å². The number of methoxy groups -OCH3 is 1. The van der Waals surface area contributed by atoms with Gasteiger partial charge in [-0.15, -0.1) is 11.3 Å². The molecule has 0 unspecified atom stereocenters. The zero-order valence-electron chi connectivity index (χ0n) is 19.8. The SMILES string of the molecule is CCC(CC)(c1ccc(OCC(=O)C(C)(C)C)c(C)c1)c1cc2cc(OC)ccc2s1. The van der Waals surface area contributed by atoms with Gasteiger partial charge in [0.05, 0.1) is 7.11 Å². The maximum atomic E-state index is 12.3. The Morgan fingerprint density at radius 1 is 1.00 bits per heavy atom. The highest BCUT2D eigenvalue weighted by molar-refractivity contribution is 7.19. The molecule has 3 rings (SSSR count). The standard InChI is InChI=1S/C27H34O3S/c1-8-27(9-2,25-16-19-15-21(29-7)11-13-23(19)31-25)20-10-12-22(18(3)14-20)30-17-24(28)26(4,5)6/h10-16H,8-9,17H2,1-7H3. The van der Waals surface area contributed by atoms with Gasteiger partial charge in [0.25, 0.3) is 0 Å². The summed E-state index contributed by atoms with van der Waals surface area (Å²) >= 11 is 1.86. The molecule has 31 heavy (non-hydrogen) atoms. The van der Waals surface area contributed by atoms with E-state index in [2.05, 4.69) is 51.1 Å². The highest BCUT2D eigenvalue weighted by atomic mass is 32.1. The van der Waals surface area contributed by atoms with Crippen LogP contribution in [0.2, 0.25) is 0 Å². The second-order valence-electron chi connectivity index (χ2n) is 9.25. The van der Waals surface area contributed by atoms with E-state index in [0.29, 0.717) is 0 Å². The van der Waals surface area contributed by atoms with Crippen LogP contribution in [-0.2, 0) is 10.2 Å². The molecule has 0 saturated carbocycles. The molecule has 3 aromatic rings. The number of hydrogen-bond acceptors (Lipinski definition) is 4. The number of rotatable bonds is 8. The van der Waals surface area contributed by atoms with Gasteiger partial charge in [-0.25, -0.2) is 0 Å². The molecule has 1 aromatic heterocycles. The molecule has 0 fully saturated rings. The number of hydrogen-bond donors (Lipinski definition) is 0. The van der Waals surface area contributed by atoms with Crippen molar-refractivity contribution in [3.05, 3.63) is 58.5 Å². The van der Waals surface area contributed by atoms with Crippen LogP contribution in [0.4, 0.5) is 0 Å². The molecule has 1 heterocycles. The zero-order chi connectivity index (χ0) is 22.8. The van der Waals surface area contributed by atoms with E-state index in [4.69, 9.17) is 9.47 Å². The lowest BCUT2D eigenvalue weighted by Crippen LogP contribution is -2.27. The van der Waals surface area contributed by atoms with Crippen molar-refractivity contribution >= 4 is 27.2 Å². The highest BCUT2D eigenvalue weighted by Crippen LogP contribution is 2.45. The molecular formula is C27H34O3S. The third-order valence-corrected chi connectivity index (χ3v) is 7.65. The molecule has 0 aliphatic rings. The number of thiophene rings is 1. The number of fused-ring (bicyclic) bond motifs is 1. The maximum Gasteiger partial charge on any atom is 0.175 e. The largest absolute Gasteiger partial charge is 0.497 e. The van der Waals surface area contributed by atoms with Crippen molar-refractivity contribution in [3.63, 3.8) is 0 Å². The van der Waals surface area contributed by atoms with Gasteiger partial charge in [0, 0.05) is 20.4 Å². The third kappa shape index (κ3) is 4.64. The molecule has 0 spiro atoms. The number of ketones is 1. The van der Waals surface area contributed by atoms with E-state index in [0.717, 1.165) is 29.9 Å². The van der Waals surface area contributed by atoms with E-state index in [-0.39, 0.29) is 17.8 Å². The quantitative estimate of drug-likeness (QED) is 0.370. The van der Waals surface area contributed by atoms with Crippen molar-refractivity contribution in [1.82, 2.24) is 0 Å². The van der Waals surface area contributed by atoms with Gasteiger partial charge in [-0.1, -0.05) is 46.8 Å². The maximum absolute atomic E-state index is 12.3. The van der Waals surface area contributed by atoms with Gasteiger partial charge in [-0.05, 0) is 66.6 Å². The number of carbonyl (C=O) groups excluding carboxylic acids is 1. The fraction of sp³-hybridized carbons (Fsp3) is 0.444. The number of carbonyl (C=O) groups is 1. The Labute approximate surface area is 190 Å². The molecular weight excluding hydrogens is 404 g/mol. The van der Waals surface area contributed by atoms with Gasteiger partial charge < -0.3 is 9.47 Å². The van der Waals surface area contributed by atoms with Gasteiger partial charge in [-0.3, -0.25) is 4.79 Å². The monoisotopic (exact) mass is 438 g/mol. The molecule has 166 valence electrons. The first kappa shape index (κ1) is 23.3. The minimum absolute atomic E-state index is 0.0541. The average molecular weight is 439 g/mol. The molecule has 0 N–H and O–H groups in total. The van der Waals surface area contributed by atoms with Gasteiger partial charge in [0.15, 0.2) is 5.78 Å². The smallest absolute Gasteiger partial charge is 0.175 e. The summed E-state index contributed by atoms with van der Waals surface area (Å²) in [5.41, 5.74) is 1.91. The lowest BCUT2D eigenvalue weighted by molar-refractivity contribution is -0.128.